The van der Waals surface area contributed by atoms with Crippen molar-refractivity contribution >= 4 is 101 Å². The van der Waals surface area contributed by atoms with Gasteiger partial charge < -0.3 is 0 Å². The van der Waals surface area contributed by atoms with Crippen molar-refractivity contribution in [3.05, 3.63) is 0 Å². The van der Waals surface area contributed by atoms with Crippen molar-refractivity contribution in [1.82, 2.24) is 0 Å². The van der Waals surface area contributed by atoms with Gasteiger partial charge in [-0.3, -0.25) is 0 Å². The van der Waals surface area contributed by atoms with E-state index in [4.69, 9.17) is 0 Å². The van der Waals surface area contributed by atoms with Crippen LogP contribution < -0.4 is 0 Å². The Hall–Kier alpha value is 3.88. The van der Waals surface area contributed by atoms with Crippen LogP contribution in [0.25, 0.3) is 0 Å². The predicted molar refractivity (Wildman–Crippen MR) is 25.6 cm³/mol. The molecular formula is H6BiCuNaSr. The first kappa shape index (κ1) is 24.8. The molecule has 25 valence electrons. The van der Waals surface area contributed by atoms with Crippen molar-refractivity contribution in [2.45, 2.75) is 0 Å². The van der Waals surface area contributed by atoms with Gasteiger partial charge in [0.05, 0.1) is 0 Å². The number of hydrogen-bond donors (Lipinski definition) is 0. The van der Waals surface area contributed by atoms with Crippen molar-refractivity contribution in [1.29, 1.82) is 0 Å². The Morgan fingerprint density at radius 2 is 1.00 bits per heavy atom. The molecule has 0 bridgehead atoms. The first-order chi connectivity index (χ1) is 0. The first-order valence-electron chi connectivity index (χ1n) is 0. The maximum atomic E-state index is 0. The molecule has 0 aliphatic carbocycles. The van der Waals surface area contributed by atoms with Crippen molar-refractivity contribution in [2.75, 3.05) is 0 Å². The van der Waals surface area contributed by atoms with E-state index in [0.29, 0.717) is 0 Å². The second kappa shape index (κ2) is 15.8. The topological polar surface area (TPSA) is 0 Å². The molecule has 0 aliphatic rings. The molecule has 0 N–H and O–H groups in total. The number of rotatable bonds is 0. The van der Waals surface area contributed by atoms with Gasteiger partial charge in [0, 0.05) is 17.1 Å². The maximum absolute atomic E-state index is 0. The molecule has 0 rings (SSSR count). The molecule has 1 radical (unpaired) electrons. The summed E-state index contributed by atoms with van der Waals surface area (Å²) in [7, 11) is 0. The Morgan fingerprint density at radius 3 is 1.00 bits per heavy atom. The Labute approximate surface area is 115 Å². The molecule has 0 aromatic heterocycles. The average Bonchev–Trinajstić information content (AvgIpc) is 0. The van der Waals surface area contributed by atoms with E-state index in [-0.39, 0.29) is 118 Å². The molecule has 4 heteroatoms. The van der Waals surface area contributed by atoms with Gasteiger partial charge in [0.2, 0.25) is 0 Å². The van der Waals surface area contributed by atoms with Crippen LogP contribution in [-0.4, -0.2) is 101 Å². The van der Waals surface area contributed by atoms with Crippen molar-refractivity contribution in [3.8, 4) is 0 Å². The van der Waals surface area contributed by atoms with Gasteiger partial charge in [-0.15, -0.1) is 0 Å². The quantitative estimate of drug-likeness (QED) is 0.395. The SMILES string of the molecule is [BiH3].[Cu].[NaH].[SrH2]. The molecule has 0 heterocycles. The van der Waals surface area contributed by atoms with E-state index in [2.05, 4.69) is 0 Å². The van der Waals surface area contributed by atoms with E-state index in [9.17, 15) is 0 Å². The van der Waals surface area contributed by atoms with Crippen LogP contribution in [-0.2, 0) is 17.1 Å². The molecule has 0 saturated carbocycles. The fourth-order valence-corrected chi connectivity index (χ4v) is 0. The van der Waals surface area contributed by atoms with Crippen LogP contribution >= 0.6 is 0 Å². The van der Waals surface area contributed by atoms with Crippen LogP contribution in [0, 0.1) is 0 Å². The van der Waals surface area contributed by atoms with Crippen molar-refractivity contribution in [2.24, 2.45) is 0 Å². The van der Waals surface area contributed by atoms with Gasteiger partial charge in [0.1, 0.15) is 0 Å². The van der Waals surface area contributed by atoms with Gasteiger partial charge in [-0.25, -0.2) is 0 Å². The Balaban J connectivity index is 0. The summed E-state index contributed by atoms with van der Waals surface area (Å²) in [5.74, 6) is 0. The minimum absolute atomic E-state index is 0. The molecule has 4 heavy (non-hydrogen) atoms. The van der Waals surface area contributed by atoms with Gasteiger partial charge in [-0.05, 0) is 0 Å². The summed E-state index contributed by atoms with van der Waals surface area (Å²) in [5, 5.41) is 0. The monoisotopic (exact) mass is 389 g/mol. The molecule has 0 aromatic rings. The molecule has 0 unspecified atom stereocenters. The molecule has 0 amide bonds. The summed E-state index contributed by atoms with van der Waals surface area (Å²) in [6.45, 7) is 0. The molecular weight excluding hydrogens is 383 g/mol. The van der Waals surface area contributed by atoms with E-state index in [1.54, 1.807) is 0 Å². The molecule has 0 nitrogen and oxygen atoms in total. The predicted octanol–water partition coefficient (Wildman–Crippen LogP) is -2.75. The Morgan fingerprint density at radius 1 is 1.00 bits per heavy atom. The Bertz CT molecular complexity index is 8.00. The minimum atomic E-state index is 0. The summed E-state index contributed by atoms with van der Waals surface area (Å²) >= 11 is 0. The second-order valence-corrected chi connectivity index (χ2v) is 0. The average molecular weight is 389 g/mol. The summed E-state index contributed by atoms with van der Waals surface area (Å²) in [5.41, 5.74) is 0. The Kier molecular flexibility index (Phi) is 97.8. The molecule has 0 aliphatic heterocycles. The fraction of sp³-hybridized carbons (Fsp3) is 0. The zero-order valence-electron chi connectivity index (χ0n) is 1.01. The van der Waals surface area contributed by atoms with Crippen LogP contribution in [0.5, 0.6) is 0 Å². The van der Waals surface area contributed by atoms with E-state index in [1.807, 2.05) is 0 Å². The van der Waals surface area contributed by atoms with Gasteiger partial charge >= 0.3 is 101 Å². The fourth-order valence-electron chi connectivity index (χ4n) is 0. The molecule has 0 aromatic carbocycles. The molecule has 0 spiro atoms. The summed E-state index contributed by atoms with van der Waals surface area (Å²) < 4.78 is 0. The third-order valence-electron chi connectivity index (χ3n) is 0. The summed E-state index contributed by atoms with van der Waals surface area (Å²) in [6, 6.07) is 0. The van der Waals surface area contributed by atoms with Crippen LogP contribution in [0.3, 0.4) is 0 Å². The van der Waals surface area contributed by atoms with Crippen molar-refractivity contribution < 1.29 is 17.1 Å². The van der Waals surface area contributed by atoms with E-state index < -0.39 is 0 Å². The van der Waals surface area contributed by atoms with Gasteiger partial charge in [0.15, 0.2) is 0 Å². The standard InChI is InChI=1S/Bi.Cu.Na.Sr.6H. The first-order valence-corrected chi connectivity index (χ1v) is 0. The zero-order chi connectivity index (χ0) is 0. The summed E-state index contributed by atoms with van der Waals surface area (Å²) in [6.07, 6.45) is 0. The van der Waals surface area contributed by atoms with Gasteiger partial charge in [-0.1, -0.05) is 0 Å². The van der Waals surface area contributed by atoms with Gasteiger partial charge in [-0.2, -0.15) is 0 Å². The third-order valence-corrected chi connectivity index (χ3v) is 0. The normalized spacial score (nSPS) is 0. The van der Waals surface area contributed by atoms with Crippen LogP contribution in [0.1, 0.15) is 0 Å². The van der Waals surface area contributed by atoms with Crippen LogP contribution in [0.15, 0.2) is 0 Å². The second-order valence-electron chi connectivity index (χ2n) is 0. The molecule has 0 fully saturated rings. The number of hydrogen-bond acceptors (Lipinski definition) is 0. The summed E-state index contributed by atoms with van der Waals surface area (Å²) in [4.78, 5) is 0. The molecule has 0 atom stereocenters. The van der Waals surface area contributed by atoms with Crippen LogP contribution in [0.4, 0.5) is 0 Å². The zero-order valence-corrected chi connectivity index (χ0v) is 7.45. The molecule has 0 saturated heterocycles. The van der Waals surface area contributed by atoms with E-state index in [0.717, 1.165) is 0 Å². The van der Waals surface area contributed by atoms with E-state index in [1.165, 1.54) is 0 Å². The third kappa shape index (κ3) is 9.30. The van der Waals surface area contributed by atoms with Gasteiger partial charge in [0.25, 0.3) is 0 Å². The van der Waals surface area contributed by atoms with E-state index >= 15 is 0 Å². The van der Waals surface area contributed by atoms with Crippen LogP contribution in [0.2, 0.25) is 0 Å². The van der Waals surface area contributed by atoms with Crippen molar-refractivity contribution in [3.63, 3.8) is 0 Å².